The SMILES string of the molecule is Cc1nc(-c2ccc(Cl)s2)sc1C(=O)N1CCC[C@H]1C(=O)O. The first-order chi connectivity index (χ1) is 10.5. The van der Waals surface area contributed by atoms with E-state index < -0.39 is 12.0 Å². The van der Waals surface area contributed by atoms with Crippen molar-refractivity contribution in [2.75, 3.05) is 6.54 Å². The Morgan fingerprint density at radius 1 is 1.41 bits per heavy atom. The molecule has 3 rings (SSSR count). The number of halogens is 1. The highest BCUT2D eigenvalue weighted by Crippen LogP contribution is 2.36. The fourth-order valence-electron chi connectivity index (χ4n) is 2.53. The van der Waals surface area contributed by atoms with E-state index >= 15 is 0 Å². The summed E-state index contributed by atoms with van der Waals surface area (Å²) < 4.78 is 0.668. The summed E-state index contributed by atoms with van der Waals surface area (Å²) in [6.07, 6.45) is 1.22. The van der Waals surface area contributed by atoms with E-state index in [2.05, 4.69) is 4.98 Å². The molecule has 1 aliphatic rings. The number of carboxylic acid groups (broad SMARTS) is 1. The minimum Gasteiger partial charge on any atom is -0.480 e. The van der Waals surface area contributed by atoms with Gasteiger partial charge in [-0.05, 0) is 31.9 Å². The quantitative estimate of drug-likeness (QED) is 0.913. The summed E-state index contributed by atoms with van der Waals surface area (Å²) in [5.41, 5.74) is 0.630. The van der Waals surface area contributed by atoms with Gasteiger partial charge in [0.05, 0.1) is 14.9 Å². The molecule has 0 saturated carbocycles. The van der Waals surface area contributed by atoms with Crippen LogP contribution in [0.1, 0.15) is 28.2 Å². The number of carbonyl (C=O) groups is 2. The number of aromatic nitrogens is 1. The molecule has 0 bridgehead atoms. The van der Waals surface area contributed by atoms with Gasteiger partial charge in [0.2, 0.25) is 0 Å². The van der Waals surface area contributed by atoms with Crippen LogP contribution in [0.3, 0.4) is 0 Å². The second-order valence-corrected chi connectivity index (χ2v) is 7.75. The van der Waals surface area contributed by atoms with Crippen molar-refractivity contribution in [3.05, 3.63) is 27.0 Å². The summed E-state index contributed by atoms with van der Waals surface area (Å²) in [7, 11) is 0. The van der Waals surface area contributed by atoms with Crippen LogP contribution < -0.4 is 0 Å². The van der Waals surface area contributed by atoms with E-state index in [0.717, 1.165) is 9.88 Å². The van der Waals surface area contributed by atoms with Crippen molar-refractivity contribution in [1.29, 1.82) is 0 Å². The Balaban J connectivity index is 1.90. The van der Waals surface area contributed by atoms with Crippen LogP contribution in [0.4, 0.5) is 0 Å². The molecule has 0 aromatic carbocycles. The Hall–Kier alpha value is -1.44. The van der Waals surface area contributed by atoms with E-state index in [-0.39, 0.29) is 5.91 Å². The van der Waals surface area contributed by atoms with Crippen molar-refractivity contribution in [2.24, 2.45) is 0 Å². The van der Waals surface area contributed by atoms with Crippen molar-refractivity contribution in [3.8, 4) is 9.88 Å². The predicted molar refractivity (Wildman–Crippen MR) is 86.9 cm³/mol. The molecular weight excluding hydrogens is 344 g/mol. The van der Waals surface area contributed by atoms with E-state index in [1.165, 1.54) is 27.6 Å². The number of aliphatic carboxylic acids is 1. The molecular formula is C14H13ClN2O3S2. The number of hydrogen-bond acceptors (Lipinski definition) is 5. The Kier molecular flexibility index (Phi) is 4.20. The second-order valence-electron chi connectivity index (χ2n) is 5.03. The Labute approximate surface area is 140 Å². The number of hydrogen-bond donors (Lipinski definition) is 1. The van der Waals surface area contributed by atoms with E-state index in [1.54, 1.807) is 13.0 Å². The Morgan fingerprint density at radius 3 is 2.82 bits per heavy atom. The van der Waals surface area contributed by atoms with Gasteiger partial charge >= 0.3 is 5.97 Å². The average Bonchev–Trinajstić information content (AvgIpc) is 3.16. The molecule has 1 saturated heterocycles. The lowest BCUT2D eigenvalue weighted by molar-refractivity contribution is -0.141. The number of carbonyl (C=O) groups excluding carboxylic acids is 1. The van der Waals surface area contributed by atoms with E-state index in [4.69, 9.17) is 11.6 Å². The summed E-state index contributed by atoms with van der Waals surface area (Å²) in [5.74, 6) is -1.19. The summed E-state index contributed by atoms with van der Waals surface area (Å²) in [6, 6.07) is 2.93. The molecule has 116 valence electrons. The van der Waals surface area contributed by atoms with E-state index in [0.29, 0.717) is 34.3 Å². The fourth-order valence-corrected chi connectivity index (χ4v) is 4.65. The van der Waals surface area contributed by atoms with Crippen LogP contribution in [0, 0.1) is 6.92 Å². The molecule has 1 aliphatic heterocycles. The summed E-state index contributed by atoms with van der Waals surface area (Å²) in [5, 5.41) is 9.96. The first-order valence-corrected chi connectivity index (χ1v) is 8.75. The van der Waals surface area contributed by atoms with Crippen molar-refractivity contribution < 1.29 is 14.7 Å². The predicted octanol–water partition coefficient (Wildman–Crippen LogP) is 3.52. The lowest BCUT2D eigenvalue weighted by atomic mass is 10.2. The number of likely N-dealkylation sites (tertiary alicyclic amines) is 1. The van der Waals surface area contributed by atoms with Crippen LogP contribution in [0.5, 0.6) is 0 Å². The third kappa shape index (κ3) is 2.76. The first-order valence-electron chi connectivity index (χ1n) is 6.74. The minimum absolute atomic E-state index is 0.242. The number of thiophene rings is 1. The highest BCUT2D eigenvalue weighted by Gasteiger charge is 2.35. The maximum atomic E-state index is 12.6. The standard InChI is InChI=1S/C14H13ClN2O3S2/c1-7-11(13(18)17-6-2-3-8(17)14(19)20)22-12(16-7)9-4-5-10(15)21-9/h4-5,8H,2-3,6H2,1H3,(H,19,20)/t8-/m0/s1. The largest absolute Gasteiger partial charge is 0.480 e. The molecule has 2 aromatic heterocycles. The van der Waals surface area contributed by atoms with Crippen molar-refractivity contribution in [1.82, 2.24) is 9.88 Å². The number of carboxylic acids is 1. The number of aryl methyl sites for hydroxylation is 1. The summed E-state index contributed by atoms with van der Waals surface area (Å²) in [6.45, 7) is 2.25. The van der Waals surface area contributed by atoms with E-state index in [1.807, 2.05) is 6.07 Å². The smallest absolute Gasteiger partial charge is 0.326 e. The van der Waals surface area contributed by atoms with E-state index in [9.17, 15) is 14.7 Å². The number of rotatable bonds is 3. The zero-order valence-electron chi connectivity index (χ0n) is 11.7. The molecule has 1 atom stereocenters. The van der Waals surface area contributed by atoms with Crippen molar-refractivity contribution >= 4 is 46.2 Å². The van der Waals surface area contributed by atoms with Crippen molar-refractivity contribution in [2.45, 2.75) is 25.8 Å². The molecule has 8 heteroatoms. The first kappa shape index (κ1) is 15.5. The maximum Gasteiger partial charge on any atom is 0.326 e. The average molecular weight is 357 g/mol. The molecule has 0 aliphatic carbocycles. The molecule has 3 heterocycles. The normalized spacial score (nSPS) is 17.9. The molecule has 22 heavy (non-hydrogen) atoms. The lowest BCUT2D eigenvalue weighted by Gasteiger charge is -2.20. The van der Waals surface area contributed by atoms with Gasteiger partial charge in [-0.25, -0.2) is 9.78 Å². The topological polar surface area (TPSA) is 70.5 Å². The van der Waals surface area contributed by atoms with Gasteiger partial charge < -0.3 is 10.0 Å². The Bertz CT molecular complexity index is 740. The van der Waals surface area contributed by atoms with Gasteiger partial charge in [-0.3, -0.25) is 4.79 Å². The number of thiazole rings is 1. The van der Waals surface area contributed by atoms with Gasteiger partial charge in [0.25, 0.3) is 5.91 Å². The number of nitrogens with zero attached hydrogens (tertiary/aromatic N) is 2. The zero-order valence-corrected chi connectivity index (χ0v) is 14.1. The molecule has 1 fully saturated rings. The molecule has 1 N–H and O–H groups in total. The fraction of sp³-hybridized carbons (Fsp3) is 0.357. The molecule has 0 unspecified atom stereocenters. The maximum absolute atomic E-state index is 12.6. The van der Waals surface area contributed by atoms with Gasteiger partial charge in [0.15, 0.2) is 0 Å². The molecule has 2 aromatic rings. The monoisotopic (exact) mass is 356 g/mol. The van der Waals surface area contributed by atoms with Gasteiger partial charge in [-0.2, -0.15) is 0 Å². The number of amides is 1. The third-order valence-corrected chi connectivity index (χ3v) is 6.12. The highest BCUT2D eigenvalue weighted by atomic mass is 35.5. The summed E-state index contributed by atoms with van der Waals surface area (Å²) >= 11 is 8.63. The lowest BCUT2D eigenvalue weighted by Crippen LogP contribution is -2.40. The molecule has 5 nitrogen and oxygen atoms in total. The van der Waals surface area contributed by atoms with Gasteiger partial charge in [0.1, 0.15) is 15.9 Å². The molecule has 1 amide bonds. The molecule has 0 spiro atoms. The van der Waals surface area contributed by atoms with Crippen LogP contribution in [0.25, 0.3) is 9.88 Å². The van der Waals surface area contributed by atoms with Gasteiger partial charge in [-0.15, -0.1) is 22.7 Å². The molecule has 0 radical (unpaired) electrons. The third-order valence-electron chi connectivity index (χ3n) is 3.57. The highest BCUT2D eigenvalue weighted by molar-refractivity contribution is 7.24. The van der Waals surface area contributed by atoms with Crippen molar-refractivity contribution in [3.63, 3.8) is 0 Å². The van der Waals surface area contributed by atoms with Gasteiger partial charge in [0, 0.05) is 6.54 Å². The van der Waals surface area contributed by atoms with Crippen LogP contribution in [-0.2, 0) is 4.79 Å². The van der Waals surface area contributed by atoms with Crippen LogP contribution in [-0.4, -0.2) is 39.5 Å². The second kappa shape index (κ2) is 5.98. The van der Waals surface area contributed by atoms with Crippen LogP contribution in [0.2, 0.25) is 4.34 Å². The zero-order chi connectivity index (χ0) is 15.9. The van der Waals surface area contributed by atoms with Crippen LogP contribution >= 0.6 is 34.3 Å². The van der Waals surface area contributed by atoms with Gasteiger partial charge in [-0.1, -0.05) is 11.6 Å². The summed E-state index contributed by atoms with van der Waals surface area (Å²) in [4.78, 5) is 31.2. The van der Waals surface area contributed by atoms with Crippen LogP contribution in [0.15, 0.2) is 12.1 Å². The minimum atomic E-state index is -0.946. The Morgan fingerprint density at radius 2 is 2.18 bits per heavy atom.